The summed E-state index contributed by atoms with van der Waals surface area (Å²) in [5, 5.41) is 2.86. The molecule has 2 aromatic rings. The van der Waals surface area contributed by atoms with Crippen LogP contribution in [-0.2, 0) is 22.4 Å². The molecule has 0 aliphatic carbocycles. The molecular formula is C24H28N2O2S. The van der Waals surface area contributed by atoms with Crippen LogP contribution in [0.1, 0.15) is 30.4 Å². The molecule has 0 spiro atoms. The van der Waals surface area contributed by atoms with Crippen LogP contribution in [0.5, 0.6) is 0 Å². The van der Waals surface area contributed by atoms with Crippen molar-refractivity contribution in [3.05, 3.63) is 65.7 Å². The number of nitrogens with one attached hydrogen (secondary N) is 1. The van der Waals surface area contributed by atoms with Crippen LogP contribution in [0.15, 0.2) is 54.6 Å². The van der Waals surface area contributed by atoms with Gasteiger partial charge in [-0.2, -0.15) is 0 Å². The number of aryl methyl sites for hydroxylation is 1. The first-order chi connectivity index (χ1) is 14.2. The Morgan fingerprint density at radius 1 is 1.00 bits per heavy atom. The number of fused-ring (bicyclic) bond motifs is 1. The highest BCUT2D eigenvalue weighted by Crippen LogP contribution is 2.28. The van der Waals surface area contributed by atoms with Gasteiger partial charge in [0.15, 0.2) is 0 Å². The molecule has 2 heterocycles. The van der Waals surface area contributed by atoms with E-state index in [1.54, 1.807) is 0 Å². The van der Waals surface area contributed by atoms with E-state index in [0.29, 0.717) is 11.7 Å². The number of para-hydroxylation sites is 1. The number of carbonyl (C=O) groups excluding carboxylic acids is 2. The fourth-order valence-corrected chi connectivity index (χ4v) is 5.27. The van der Waals surface area contributed by atoms with Crippen LogP contribution in [0.2, 0.25) is 0 Å². The molecule has 0 aromatic heterocycles. The Morgan fingerprint density at radius 3 is 2.52 bits per heavy atom. The molecule has 1 saturated heterocycles. The Labute approximate surface area is 177 Å². The molecular weight excluding hydrogens is 380 g/mol. The standard InChI is InChI=1S/C24H28N2O2S/c27-23(26-14-12-19(13-15-26)16-18-6-2-1-3-7-18)17-29-22-11-10-20-8-4-5-9-21(20)25-24(22)28/h1-9,19,22H,10-17H2,(H,25,28). The van der Waals surface area contributed by atoms with E-state index >= 15 is 0 Å². The summed E-state index contributed by atoms with van der Waals surface area (Å²) in [6.07, 6.45) is 4.86. The normalized spacial score (nSPS) is 19.9. The summed E-state index contributed by atoms with van der Waals surface area (Å²) in [4.78, 5) is 27.2. The molecule has 2 aromatic carbocycles. The van der Waals surface area contributed by atoms with Gasteiger partial charge in [0.05, 0.1) is 11.0 Å². The van der Waals surface area contributed by atoms with Crippen LogP contribution in [-0.4, -0.2) is 40.8 Å². The minimum absolute atomic E-state index is 0.0225. The fourth-order valence-electron chi connectivity index (χ4n) is 4.25. The van der Waals surface area contributed by atoms with Gasteiger partial charge in [0.25, 0.3) is 0 Å². The molecule has 0 saturated carbocycles. The quantitative estimate of drug-likeness (QED) is 0.808. The number of hydrogen-bond donors (Lipinski definition) is 1. The second kappa shape index (κ2) is 9.49. The lowest BCUT2D eigenvalue weighted by atomic mass is 9.90. The zero-order valence-corrected chi connectivity index (χ0v) is 17.5. The van der Waals surface area contributed by atoms with E-state index in [0.717, 1.165) is 50.9 Å². The number of carbonyl (C=O) groups is 2. The molecule has 2 aliphatic rings. The highest BCUT2D eigenvalue weighted by atomic mass is 32.2. The Bertz CT molecular complexity index is 847. The first-order valence-electron chi connectivity index (χ1n) is 10.5. The van der Waals surface area contributed by atoms with Gasteiger partial charge in [-0.05, 0) is 55.2 Å². The van der Waals surface area contributed by atoms with Crippen molar-refractivity contribution in [3.8, 4) is 0 Å². The van der Waals surface area contributed by atoms with Crippen LogP contribution in [0.3, 0.4) is 0 Å². The van der Waals surface area contributed by atoms with E-state index in [1.165, 1.54) is 22.9 Å². The monoisotopic (exact) mass is 408 g/mol. The van der Waals surface area contributed by atoms with Gasteiger partial charge in [-0.15, -0.1) is 11.8 Å². The summed E-state index contributed by atoms with van der Waals surface area (Å²) in [6.45, 7) is 1.67. The maximum absolute atomic E-state index is 12.7. The molecule has 29 heavy (non-hydrogen) atoms. The molecule has 2 aliphatic heterocycles. The number of rotatable bonds is 5. The Balaban J connectivity index is 1.23. The van der Waals surface area contributed by atoms with Gasteiger partial charge in [-0.1, -0.05) is 48.5 Å². The molecule has 0 bridgehead atoms. The van der Waals surface area contributed by atoms with Crippen molar-refractivity contribution >= 4 is 29.3 Å². The molecule has 4 rings (SSSR count). The largest absolute Gasteiger partial charge is 0.342 e. The lowest BCUT2D eigenvalue weighted by molar-refractivity contribution is -0.129. The molecule has 1 fully saturated rings. The van der Waals surface area contributed by atoms with Crippen LogP contribution in [0, 0.1) is 5.92 Å². The number of benzene rings is 2. The van der Waals surface area contributed by atoms with Gasteiger partial charge in [0.2, 0.25) is 11.8 Å². The van der Waals surface area contributed by atoms with Crippen LogP contribution in [0.4, 0.5) is 5.69 Å². The van der Waals surface area contributed by atoms with Crippen molar-refractivity contribution in [3.63, 3.8) is 0 Å². The van der Waals surface area contributed by atoms with E-state index in [9.17, 15) is 9.59 Å². The highest BCUT2D eigenvalue weighted by Gasteiger charge is 2.27. The van der Waals surface area contributed by atoms with Crippen LogP contribution in [0.25, 0.3) is 0 Å². The summed E-state index contributed by atoms with van der Waals surface area (Å²) in [5.74, 6) is 1.23. The zero-order valence-electron chi connectivity index (χ0n) is 16.7. The van der Waals surface area contributed by atoms with E-state index in [4.69, 9.17) is 0 Å². The van der Waals surface area contributed by atoms with Crippen molar-refractivity contribution in [2.75, 3.05) is 24.2 Å². The number of anilines is 1. The summed E-state index contributed by atoms with van der Waals surface area (Å²) in [5.41, 5.74) is 3.47. The summed E-state index contributed by atoms with van der Waals surface area (Å²) in [6, 6.07) is 18.6. The summed E-state index contributed by atoms with van der Waals surface area (Å²) in [7, 11) is 0. The zero-order chi connectivity index (χ0) is 20.1. The first kappa shape index (κ1) is 20.0. The summed E-state index contributed by atoms with van der Waals surface area (Å²) < 4.78 is 0. The van der Waals surface area contributed by atoms with Gasteiger partial charge in [-0.3, -0.25) is 9.59 Å². The molecule has 1 N–H and O–H groups in total. The Kier molecular flexibility index (Phi) is 6.55. The SMILES string of the molecule is O=C1Nc2ccccc2CCC1SCC(=O)N1CCC(Cc2ccccc2)CC1. The van der Waals surface area contributed by atoms with Crippen LogP contribution >= 0.6 is 11.8 Å². The topological polar surface area (TPSA) is 49.4 Å². The smallest absolute Gasteiger partial charge is 0.237 e. The molecule has 1 unspecified atom stereocenters. The molecule has 1 atom stereocenters. The Morgan fingerprint density at radius 2 is 1.72 bits per heavy atom. The lowest BCUT2D eigenvalue weighted by Gasteiger charge is -2.32. The third kappa shape index (κ3) is 5.21. The van der Waals surface area contributed by atoms with Crippen molar-refractivity contribution in [1.29, 1.82) is 0 Å². The fraction of sp³-hybridized carbons (Fsp3) is 0.417. The maximum atomic E-state index is 12.7. The van der Waals surface area contributed by atoms with Crippen LogP contribution < -0.4 is 5.32 Å². The number of piperidine rings is 1. The van der Waals surface area contributed by atoms with Crippen molar-refractivity contribution < 1.29 is 9.59 Å². The van der Waals surface area contributed by atoms with Gasteiger partial charge < -0.3 is 10.2 Å². The average Bonchev–Trinajstić information content (AvgIpc) is 2.91. The summed E-state index contributed by atoms with van der Waals surface area (Å²) >= 11 is 1.49. The van der Waals surface area contributed by atoms with Gasteiger partial charge in [-0.25, -0.2) is 0 Å². The van der Waals surface area contributed by atoms with E-state index in [2.05, 4.69) is 41.7 Å². The Hall–Kier alpha value is -2.27. The number of hydrogen-bond acceptors (Lipinski definition) is 3. The number of nitrogens with zero attached hydrogens (tertiary/aromatic N) is 1. The number of likely N-dealkylation sites (tertiary alicyclic amines) is 1. The molecule has 0 radical (unpaired) electrons. The second-order valence-electron chi connectivity index (χ2n) is 8.00. The predicted octanol–water partition coefficient (Wildman–Crippen LogP) is 4.15. The van der Waals surface area contributed by atoms with Crippen molar-refractivity contribution in [1.82, 2.24) is 4.90 Å². The third-order valence-electron chi connectivity index (χ3n) is 5.99. The van der Waals surface area contributed by atoms with E-state index in [-0.39, 0.29) is 17.1 Å². The maximum Gasteiger partial charge on any atom is 0.237 e. The van der Waals surface area contributed by atoms with Crippen molar-refractivity contribution in [2.24, 2.45) is 5.92 Å². The second-order valence-corrected chi connectivity index (χ2v) is 9.19. The van der Waals surface area contributed by atoms with Crippen molar-refractivity contribution in [2.45, 2.75) is 37.4 Å². The van der Waals surface area contributed by atoms with Gasteiger partial charge in [0.1, 0.15) is 0 Å². The van der Waals surface area contributed by atoms with E-state index < -0.39 is 0 Å². The average molecular weight is 409 g/mol. The van der Waals surface area contributed by atoms with E-state index in [1.807, 2.05) is 23.1 Å². The molecule has 2 amide bonds. The molecule has 4 nitrogen and oxygen atoms in total. The number of amides is 2. The predicted molar refractivity (Wildman–Crippen MR) is 119 cm³/mol. The van der Waals surface area contributed by atoms with Gasteiger partial charge in [0, 0.05) is 18.8 Å². The molecule has 5 heteroatoms. The molecule has 152 valence electrons. The minimum atomic E-state index is -0.165. The third-order valence-corrected chi connectivity index (χ3v) is 7.25. The highest BCUT2D eigenvalue weighted by molar-refractivity contribution is 8.01. The lowest BCUT2D eigenvalue weighted by Crippen LogP contribution is -2.40. The van der Waals surface area contributed by atoms with Gasteiger partial charge >= 0.3 is 0 Å². The minimum Gasteiger partial charge on any atom is -0.342 e. The number of thioether (sulfide) groups is 1. The first-order valence-corrected chi connectivity index (χ1v) is 11.6.